The molecule has 2 unspecified atom stereocenters. The topological polar surface area (TPSA) is 45.0 Å². The van der Waals surface area contributed by atoms with Crippen LogP contribution in [0.3, 0.4) is 0 Å². The molecule has 0 aromatic heterocycles. The highest BCUT2D eigenvalue weighted by molar-refractivity contribution is 5.32. The van der Waals surface area contributed by atoms with Crippen LogP contribution < -0.4 is 5.32 Å². The van der Waals surface area contributed by atoms with Gasteiger partial charge in [-0.25, -0.2) is 4.39 Å². The van der Waals surface area contributed by atoms with E-state index in [-0.39, 0.29) is 5.82 Å². The molecule has 1 aromatic rings. The third-order valence-electron chi connectivity index (χ3n) is 3.65. The Kier molecular flexibility index (Phi) is 4.89. The maximum atomic E-state index is 13.7. The van der Waals surface area contributed by atoms with Crippen molar-refractivity contribution in [1.82, 2.24) is 5.32 Å². The highest BCUT2D eigenvalue weighted by atomic mass is 19.1. The fourth-order valence-electron chi connectivity index (χ4n) is 2.53. The average molecular weight is 262 g/mol. The van der Waals surface area contributed by atoms with Crippen molar-refractivity contribution in [3.63, 3.8) is 0 Å². The number of nitrogens with one attached hydrogen (secondary N) is 1. The lowest BCUT2D eigenvalue weighted by atomic mass is 9.99. The number of nitriles is 1. The van der Waals surface area contributed by atoms with Crippen LogP contribution >= 0.6 is 0 Å². The normalized spacial score (nSPS) is 22.4. The van der Waals surface area contributed by atoms with Crippen LogP contribution in [0.5, 0.6) is 0 Å². The molecule has 1 aliphatic heterocycles. The van der Waals surface area contributed by atoms with Gasteiger partial charge in [-0.1, -0.05) is 13.0 Å². The predicted molar refractivity (Wildman–Crippen MR) is 71.0 cm³/mol. The van der Waals surface area contributed by atoms with E-state index in [1.807, 2.05) is 6.07 Å². The van der Waals surface area contributed by atoms with Crippen LogP contribution in [-0.4, -0.2) is 19.3 Å². The van der Waals surface area contributed by atoms with Gasteiger partial charge in [0.05, 0.1) is 17.7 Å². The lowest BCUT2D eigenvalue weighted by molar-refractivity contribution is 0.0872. The van der Waals surface area contributed by atoms with Gasteiger partial charge in [0.1, 0.15) is 5.82 Å². The maximum absolute atomic E-state index is 13.7. The Morgan fingerprint density at radius 2 is 2.37 bits per heavy atom. The molecule has 2 rings (SSSR count). The minimum absolute atomic E-state index is 0.318. The minimum Gasteiger partial charge on any atom is -0.378 e. The smallest absolute Gasteiger partial charge is 0.129 e. The molecule has 0 bridgehead atoms. The molecule has 1 heterocycles. The molecular weight excluding hydrogens is 243 g/mol. The van der Waals surface area contributed by atoms with Gasteiger partial charge in [-0.05, 0) is 30.9 Å². The average Bonchev–Trinajstić information content (AvgIpc) is 2.88. The van der Waals surface area contributed by atoms with Crippen molar-refractivity contribution in [3.05, 3.63) is 35.1 Å². The number of hydrogen-bond donors (Lipinski definition) is 1. The zero-order valence-electron chi connectivity index (χ0n) is 11.2. The fraction of sp³-hybridized carbons (Fsp3) is 0.533. The quantitative estimate of drug-likeness (QED) is 0.887. The molecule has 1 fully saturated rings. The van der Waals surface area contributed by atoms with E-state index in [4.69, 9.17) is 10.00 Å². The summed E-state index contributed by atoms with van der Waals surface area (Å²) in [7, 11) is 0. The molecule has 102 valence electrons. The van der Waals surface area contributed by atoms with Crippen LogP contribution in [-0.2, 0) is 11.3 Å². The first-order valence-corrected chi connectivity index (χ1v) is 6.75. The highest BCUT2D eigenvalue weighted by Crippen LogP contribution is 2.22. The summed E-state index contributed by atoms with van der Waals surface area (Å²) in [5.74, 6) is 0.202. The van der Waals surface area contributed by atoms with E-state index in [2.05, 4.69) is 12.2 Å². The van der Waals surface area contributed by atoms with Crippen LogP contribution in [0.4, 0.5) is 4.39 Å². The molecule has 1 aliphatic rings. The van der Waals surface area contributed by atoms with Crippen LogP contribution in [0.15, 0.2) is 18.2 Å². The van der Waals surface area contributed by atoms with Gasteiger partial charge in [0.2, 0.25) is 0 Å². The Balaban J connectivity index is 1.84. The van der Waals surface area contributed by atoms with Gasteiger partial charge in [-0.3, -0.25) is 0 Å². The van der Waals surface area contributed by atoms with Crippen molar-refractivity contribution in [2.45, 2.75) is 32.4 Å². The minimum atomic E-state index is -0.318. The maximum Gasteiger partial charge on any atom is 0.129 e. The summed E-state index contributed by atoms with van der Waals surface area (Å²) < 4.78 is 19.3. The van der Waals surface area contributed by atoms with E-state index in [1.165, 1.54) is 6.07 Å². The highest BCUT2D eigenvalue weighted by Gasteiger charge is 2.25. The summed E-state index contributed by atoms with van der Waals surface area (Å²) in [5, 5.41) is 12.0. The Morgan fingerprint density at radius 3 is 3.05 bits per heavy atom. The fourth-order valence-corrected chi connectivity index (χ4v) is 2.53. The van der Waals surface area contributed by atoms with E-state index in [9.17, 15) is 4.39 Å². The zero-order valence-corrected chi connectivity index (χ0v) is 11.2. The van der Waals surface area contributed by atoms with E-state index in [1.54, 1.807) is 12.1 Å². The van der Waals surface area contributed by atoms with Crippen LogP contribution in [0.2, 0.25) is 0 Å². The van der Waals surface area contributed by atoms with Crippen molar-refractivity contribution < 1.29 is 9.13 Å². The predicted octanol–water partition coefficient (Wildman–Crippen LogP) is 2.60. The second-order valence-corrected chi connectivity index (χ2v) is 4.92. The standard InChI is InChI=1S/C15H19FN2O/c1-2-15-13(5-6-19-15)10-18-9-12-4-3-11(8-17)7-14(12)16/h3-4,7,13,15,18H,2,5-6,9-10H2,1H3. The van der Waals surface area contributed by atoms with Crippen LogP contribution in [0, 0.1) is 23.1 Å². The number of nitrogens with zero attached hydrogens (tertiary/aromatic N) is 1. The molecule has 4 heteroatoms. The molecule has 2 atom stereocenters. The number of rotatable bonds is 5. The van der Waals surface area contributed by atoms with E-state index in [0.29, 0.717) is 29.7 Å². The second kappa shape index (κ2) is 6.65. The van der Waals surface area contributed by atoms with Gasteiger partial charge in [0.15, 0.2) is 0 Å². The van der Waals surface area contributed by atoms with Gasteiger partial charge in [0.25, 0.3) is 0 Å². The van der Waals surface area contributed by atoms with Gasteiger partial charge in [-0.15, -0.1) is 0 Å². The molecule has 0 radical (unpaired) electrons. The Bertz CT molecular complexity index is 470. The first kappa shape index (κ1) is 14.0. The van der Waals surface area contributed by atoms with E-state index < -0.39 is 0 Å². The SMILES string of the molecule is CCC1OCCC1CNCc1ccc(C#N)cc1F. The lowest BCUT2D eigenvalue weighted by Crippen LogP contribution is -2.28. The number of halogens is 1. The summed E-state index contributed by atoms with van der Waals surface area (Å²) in [4.78, 5) is 0. The van der Waals surface area contributed by atoms with Crippen molar-refractivity contribution in [3.8, 4) is 6.07 Å². The molecule has 3 nitrogen and oxygen atoms in total. The Morgan fingerprint density at radius 1 is 1.53 bits per heavy atom. The Labute approximate surface area is 113 Å². The monoisotopic (exact) mass is 262 g/mol. The summed E-state index contributed by atoms with van der Waals surface area (Å²) in [6.45, 7) is 4.29. The number of benzene rings is 1. The Hall–Kier alpha value is -1.44. The summed E-state index contributed by atoms with van der Waals surface area (Å²) in [6.07, 6.45) is 2.43. The lowest BCUT2D eigenvalue weighted by Gasteiger charge is -2.17. The van der Waals surface area contributed by atoms with Crippen molar-refractivity contribution in [2.75, 3.05) is 13.2 Å². The van der Waals surface area contributed by atoms with Gasteiger partial charge in [-0.2, -0.15) is 5.26 Å². The number of ether oxygens (including phenoxy) is 1. The summed E-state index contributed by atoms with van der Waals surface area (Å²) in [6, 6.07) is 6.53. The first-order chi connectivity index (χ1) is 9.24. The van der Waals surface area contributed by atoms with Crippen LogP contribution in [0.1, 0.15) is 30.9 Å². The second-order valence-electron chi connectivity index (χ2n) is 4.92. The zero-order chi connectivity index (χ0) is 13.7. The van der Waals surface area contributed by atoms with Crippen molar-refractivity contribution >= 4 is 0 Å². The molecule has 0 saturated carbocycles. The summed E-state index contributed by atoms with van der Waals surface area (Å²) >= 11 is 0. The van der Waals surface area contributed by atoms with E-state index in [0.717, 1.165) is 26.0 Å². The van der Waals surface area contributed by atoms with Gasteiger partial charge >= 0.3 is 0 Å². The van der Waals surface area contributed by atoms with Gasteiger partial charge < -0.3 is 10.1 Å². The molecule has 1 aromatic carbocycles. The third kappa shape index (κ3) is 3.52. The number of hydrogen-bond acceptors (Lipinski definition) is 3. The molecule has 1 N–H and O–H groups in total. The van der Waals surface area contributed by atoms with E-state index >= 15 is 0 Å². The van der Waals surface area contributed by atoms with Gasteiger partial charge in [0, 0.05) is 25.3 Å². The molecule has 19 heavy (non-hydrogen) atoms. The molecule has 0 aliphatic carbocycles. The van der Waals surface area contributed by atoms with Crippen LogP contribution in [0.25, 0.3) is 0 Å². The molecular formula is C15H19FN2O. The first-order valence-electron chi connectivity index (χ1n) is 6.75. The molecule has 0 amide bonds. The third-order valence-corrected chi connectivity index (χ3v) is 3.65. The van der Waals surface area contributed by atoms with Crippen molar-refractivity contribution in [2.24, 2.45) is 5.92 Å². The molecule has 1 saturated heterocycles. The summed E-state index contributed by atoms with van der Waals surface area (Å²) in [5.41, 5.74) is 0.961. The largest absolute Gasteiger partial charge is 0.378 e. The van der Waals surface area contributed by atoms with Crippen molar-refractivity contribution in [1.29, 1.82) is 5.26 Å². The molecule has 0 spiro atoms.